The van der Waals surface area contributed by atoms with E-state index in [-0.39, 0.29) is 0 Å². The molecule has 0 saturated heterocycles. The fraction of sp³-hybridized carbons (Fsp3) is 0.133. The van der Waals surface area contributed by atoms with Gasteiger partial charge in [0.15, 0.2) is 0 Å². The molecule has 0 fully saturated rings. The first-order chi connectivity index (χ1) is 7.84. The van der Waals surface area contributed by atoms with Gasteiger partial charge in [-0.15, -0.1) is 0 Å². The van der Waals surface area contributed by atoms with Gasteiger partial charge in [0, 0.05) is 0 Å². The first kappa shape index (κ1) is 11.7. The summed E-state index contributed by atoms with van der Waals surface area (Å²) in [7, 11) is 0. The van der Waals surface area contributed by atoms with Crippen LogP contribution in [-0.4, -0.2) is 3.21 Å². The maximum absolute atomic E-state index is 2.20. The monoisotopic (exact) mass is 284 g/mol. The Balaban J connectivity index is 1.95. The maximum atomic E-state index is 2.20. The molecule has 0 bridgehead atoms. The SMILES string of the molecule is [Zr]=[C](Cc1ccccc1)Cc1ccccc1. The quantitative estimate of drug-likeness (QED) is 0.809. The average Bonchev–Trinajstić information content (AvgIpc) is 2.31. The molecule has 0 radical (unpaired) electrons. The number of hydrogen-bond donors (Lipinski definition) is 0. The second kappa shape index (κ2) is 6.06. The second-order valence-electron chi connectivity index (χ2n) is 3.93. The van der Waals surface area contributed by atoms with Gasteiger partial charge >= 0.3 is 112 Å². The van der Waals surface area contributed by atoms with Crippen molar-refractivity contribution in [2.45, 2.75) is 12.8 Å². The molecular weight excluding hydrogens is 271 g/mol. The summed E-state index contributed by atoms with van der Waals surface area (Å²) in [5, 5.41) is 0. The number of hydrogen-bond acceptors (Lipinski definition) is 0. The van der Waals surface area contributed by atoms with Gasteiger partial charge in [-0.25, -0.2) is 0 Å². The van der Waals surface area contributed by atoms with Gasteiger partial charge in [0.1, 0.15) is 0 Å². The van der Waals surface area contributed by atoms with Crippen LogP contribution in [0.5, 0.6) is 0 Å². The van der Waals surface area contributed by atoms with E-state index in [0.29, 0.717) is 0 Å². The van der Waals surface area contributed by atoms with Crippen LogP contribution in [0.2, 0.25) is 0 Å². The predicted molar refractivity (Wildman–Crippen MR) is 65.3 cm³/mol. The van der Waals surface area contributed by atoms with Crippen LogP contribution >= 0.6 is 0 Å². The number of benzene rings is 2. The first-order valence-electron chi connectivity index (χ1n) is 5.49. The van der Waals surface area contributed by atoms with Crippen molar-refractivity contribution in [2.24, 2.45) is 0 Å². The Morgan fingerprint density at radius 3 is 1.44 bits per heavy atom. The van der Waals surface area contributed by atoms with Crippen molar-refractivity contribution in [3.8, 4) is 0 Å². The zero-order valence-electron chi connectivity index (χ0n) is 9.19. The van der Waals surface area contributed by atoms with Crippen molar-refractivity contribution in [1.29, 1.82) is 0 Å². The molecular formula is C15H14Zr. The third-order valence-corrected chi connectivity index (χ3v) is 3.39. The summed E-state index contributed by atoms with van der Waals surface area (Å²) in [6.07, 6.45) is 2.24. The van der Waals surface area contributed by atoms with Crippen LogP contribution in [0, 0.1) is 0 Å². The standard InChI is InChI=1S/C15H14.Zr/c1-3-8-14(9-4-1)12-7-13-15-10-5-2-6-11-15;/h1-6,8-11H,12-13H2;. The molecule has 0 aliphatic carbocycles. The topological polar surface area (TPSA) is 0 Å². The third kappa shape index (κ3) is 3.65. The van der Waals surface area contributed by atoms with Crippen LogP contribution in [0.1, 0.15) is 11.1 Å². The van der Waals surface area contributed by atoms with Crippen LogP contribution in [0.25, 0.3) is 0 Å². The molecule has 0 heterocycles. The summed E-state index contributed by atoms with van der Waals surface area (Å²) in [6.45, 7) is 0. The fourth-order valence-corrected chi connectivity index (χ4v) is 2.75. The van der Waals surface area contributed by atoms with Crippen molar-refractivity contribution in [3.05, 3.63) is 71.8 Å². The minimum atomic E-state index is 1.12. The Morgan fingerprint density at radius 1 is 0.688 bits per heavy atom. The van der Waals surface area contributed by atoms with Gasteiger partial charge in [0.25, 0.3) is 0 Å². The van der Waals surface area contributed by atoms with Crippen molar-refractivity contribution in [2.75, 3.05) is 0 Å². The van der Waals surface area contributed by atoms with Crippen molar-refractivity contribution in [3.63, 3.8) is 0 Å². The molecule has 0 N–H and O–H groups in total. The zero-order chi connectivity index (χ0) is 11.2. The van der Waals surface area contributed by atoms with Gasteiger partial charge in [-0.1, -0.05) is 0 Å². The Kier molecular flexibility index (Phi) is 4.42. The molecule has 16 heavy (non-hydrogen) atoms. The van der Waals surface area contributed by atoms with Gasteiger partial charge in [-0.05, 0) is 0 Å². The first-order valence-corrected chi connectivity index (χ1v) is 6.71. The molecule has 78 valence electrons. The molecule has 0 unspecified atom stereocenters. The molecule has 2 aromatic rings. The molecule has 0 aromatic heterocycles. The van der Waals surface area contributed by atoms with Gasteiger partial charge in [0.2, 0.25) is 0 Å². The van der Waals surface area contributed by atoms with E-state index < -0.39 is 0 Å². The normalized spacial score (nSPS) is 9.94. The van der Waals surface area contributed by atoms with E-state index in [0.717, 1.165) is 12.8 Å². The molecule has 0 aliphatic heterocycles. The van der Waals surface area contributed by atoms with Crippen molar-refractivity contribution in [1.82, 2.24) is 0 Å². The van der Waals surface area contributed by atoms with Crippen LogP contribution in [0.4, 0.5) is 0 Å². The summed E-state index contributed by atoms with van der Waals surface area (Å²) in [6, 6.07) is 21.4. The van der Waals surface area contributed by atoms with E-state index in [9.17, 15) is 0 Å². The summed E-state index contributed by atoms with van der Waals surface area (Å²) in [5.74, 6) is 0. The fourth-order valence-electron chi connectivity index (χ4n) is 1.75. The molecule has 0 nitrogen and oxygen atoms in total. The van der Waals surface area contributed by atoms with Gasteiger partial charge < -0.3 is 0 Å². The zero-order valence-corrected chi connectivity index (χ0v) is 11.6. The van der Waals surface area contributed by atoms with Crippen LogP contribution in [-0.2, 0) is 37.1 Å². The third-order valence-electron chi connectivity index (χ3n) is 2.52. The molecule has 0 atom stereocenters. The van der Waals surface area contributed by atoms with Crippen molar-refractivity contribution < 1.29 is 24.2 Å². The van der Waals surface area contributed by atoms with Gasteiger partial charge in [0.05, 0.1) is 0 Å². The van der Waals surface area contributed by atoms with E-state index in [2.05, 4.69) is 60.7 Å². The molecule has 2 rings (SSSR count). The molecule has 0 aliphatic rings. The van der Waals surface area contributed by atoms with E-state index in [1.165, 1.54) is 11.1 Å². The molecule has 0 amide bonds. The van der Waals surface area contributed by atoms with Crippen LogP contribution in [0.3, 0.4) is 0 Å². The van der Waals surface area contributed by atoms with E-state index in [1.54, 1.807) is 27.4 Å². The molecule has 0 spiro atoms. The van der Waals surface area contributed by atoms with E-state index in [1.807, 2.05) is 0 Å². The molecule has 2 aromatic carbocycles. The summed E-state index contributed by atoms with van der Waals surface area (Å²) in [5.41, 5.74) is 2.84. The Bertz CT molecular complexity index is 402. The number of rotatable bonds is 4. The molecule has 1 heteroatoms. The second-order valence-corrected chi connectivity index (χ2v) is 5.67. The Hall–Kier alpha value is -0.807. The minimum absolute atomic E-state index is 1.12. The van der Waals surface area contributed by atoms with Gasteiger partial charge in [-0.3, -0.25) is 0 Å². The summed E-state index contributed by atoms with van der Waals surface area (Å²) >= 11 is 1.55. The van der Waals surface area contributed by atoms with Gasteiger partial charge in [-0.2, -0.15) is 0 Å². The van der Waals surface area contributed by atoms with Crippen LogP contribution in [0.15, 0.2) is 60.7 Å². The molecule has 0 saturated carbocycles. The van der Waals surface area contributed by atoms with Crippen LogP contribution < -0.4 is 0 Å². The van der Waals surface area contributed by atoms with E-state index in [4.69, 9.17) is 0 Å². The van der Waals surface area contributed by atoms with Crippen molar-refractivity contribution >= 4 is 3.21 Å². The average molecular weight is 286 g/mol. The summed E-state index contributed by atoms with van der Waals surface area (Å²) in [4.78, 5) is 0. The Labute approximate surface area is 112 Å². The Morgan fingerprint density at radius 2 is 1.06 bits per heavy atom. The predicted octanol–water partition coefficient (Wildman–Crippen LogP) is 3.19. The summed E-state index contributed by atoms with van der Waals surface area (Å²) < 4.78 is 1.60. The van der Waals surface area contributed by atoms with E-state index >= 15 is 0 Å².